The Labute approximate surface area is 103 Å². The quantitative estimate of drug-likeness (QED) is 0.227. The number of aliphatic hydroxyl groups is 4. The fraction of sp³-hybridized carbons (Fsp3) is 0.625. The third kappa shape index (κ3) is 4.60. The van der Waals surface area contributed by atoms with E-state index in [0.29, 0.717) is 0 Å². The SMILES string of the molecule is N[C@@H](C(=O)C(=O)C=S(=O)=O)[C@@H](O)[C@H](O)[C@H](O)CO. The Morgan fingerprint density at radius 2 is 1.67 bits per heavy atom. The van der Waals surface area contributed by atoms with Crippen molar-refractivity contribution >= 4 is 27.2 Å². The predicted octanol–water partition coefficient (Wildman–Crippen LogP) is -4.79. The lowest BCUT2D eigenvalue weighted by molar-refractivity contribution is -0.138. The second kappa shape index (κ2) is 7.31. The van der Waals surface area contributed by atoms with Crippen LogP contribution in [0.5, 0.6) is 0 Å². The average Bonchev–Trinajstić information content (AvgIpc) is 2.33. The Morgan fingerprint density at radius 3 is 2.06 bits per heavy atom. The molecule has 0 saturated carbocycles. The first kappa shape index (κ1) is 16.8. The highest BCUT2D eigenvalue weighted by Gasteiger charge is 2.35. The molecule has 0 saturated heterocycles. The van der Waals surface area contributed by atoms with Crippen LogP contribution in [-0.4, -0.2) is 76.7 Å². The third-order valence-electron chi connectivity index (χ3n) is 2.05. The van der Waals surface area contributed by atoms with Crippen molar-refractivity contribution in [3.05, 3.63) is 0 Å². The van der Waals surface area contributed by atoms with E-state index in [0.717, 1.165) is 0 Å². The second-order valence-electron chi connectivity index (χ2n) is 3.36. The van der Waals surface area contributed by atoms with Gasteiger partial charge in [0.15, 0.2) is 0 Å². The summed E-state index contributed by atoms with van der Waals surface area (Å²) in [4.78, 5) is 22.2. The molecule has 0 spiro atoms. The highest BCUT2D eigenvalue weighted by Crippen LogP contribution is 2.04. The summed E-state index contributed by atoms with van der Waals surface area (Å²) in [6, 6.07) is -1.92. The Bertz CT molecular complexity index is 436. The molecule has 0 aromatic carbocycles. The predicted molar refractivity (Wildman–Crippen MR) is 58.1 cm³/mol. The standard InChI is InChI=1S/C8H13NO8S/c9-5(6(13)4(12)2-18(16)17)8(15)7(14)3(11)1-10/h2-3,5,7-8,10-11,14-15H,1,9H2/t3-,5+,7-,8-/m1/s1. The summed E-state index contributed by atoms with van der Waals surface area (Å²) in [5, 5.41) is 36.1. The van der Waals surface area contributed by atoms with E-state index in [1.807, 2.05) is 0 Å². The molecule has 0 heterocycles. The van der Waals surface area contributed by atoms with E-state index < -0.39 is 52.8 Å². The number of carbonyl (C=O) groups is 2. The molecule has 18 heavy (non-hydrogen) atoms. The van der Waals surface area contributed by atoms with Crippen molar-refractivity contribution in [2.24, 2.45) is 5.73 Å². The zero-order chi connectivity index (χ0) is 14.5. The minimum absolute atomic E-state index is 0.0593. The zero-order valence-corrected chi connectivity index (χ0v) is 9.82. The molecule has 0 aliphatic heterocycles. The fourth-order valence-corrected chi connectivity index (χ4v) is 1.30. The number of hydrogen-bond acceptors (Lipinski definition) is 9. The first-order chi connectivity index (χ1) is 8.22. The van der Waals surface area contributed by atoms with Gasteiger partial charge in [-0.1, -0.05) is 0 Å². The molecule has 4 atom stereocenters. The van der Waals surface area contributed by atoms with Crippen molar-refractivity contribution < 1.29 is 38.4 Å². The van der Waals surface area contributed by atoms with Gasteiger partial charge < -0.3 is 26.2 Å². The maximum absolute atomic E-state index is 11.2. The van der Waals surface area contributed by atoms with Gasteiger partial charge in [-0.15, -0.1) is 0 Å². The Morgan fingerprint density at radius 1 is 1.17 bits per heavy atom. The van der Waals surface area contributed by atoms with Gasteiger partial charge in [0.1, 0.15) is 29.7 Å². The molecule has 6 N–H and O–H groups in total. The van der Waals surface area contributed by atoms with Gasteiger partial charge >= 0.3 is 0 Å². The minimum atomic E-state index is -2.90. The zero-order valence-electron chi connectivity index (χ0n) is 9.00. The van der Waals surface area contributed by atoms with Crippen molar-refractivity contribution in [3.63, 3.8) is 0 Å². The summed E-state index contributed by atoms with van der Waals surface area (Å²) in [6.07, 6.45) is -5.75. The van der Waals surface area contributed by atoms with Crippen molar-refractivity contribution in [1.82, 2.24) is 0 Å². The second-order valence-corrected chi connectivity index (χ2v) is 4.12. The minimum Gasteiger partial charge on any atom is -0.394 e. The number of Topliss-reactive ketones (excluding diaryl/α,β-unsaturated/α-hetero) is 2. The number of hydrogen-bond donors (Lipinski definition) is 5. The molecule has 0 aromatic heterocycles. The molecular weight excluding hydrogens is 270 g/mol. The third-order valence-corrected chi connectivity index (χ3v) is 2.45. The average molecular weight is 283 g/mol. The van der Waals surface area contributed by atoms with Crippen LogP contribution in [0.25, 0.3) is 0 Å². The number of ketones is 2. The molecule has 0 amide bonds. The molecule has 9 nitrogen and oxygen atoms in total. The van der Waals surface area contributed by atoms with Gasteiger partial charge in [0.2, 0.25) is 21.9 Å². The van der Waals surface area contributed by atoms with E-state index in [1.165, 1.54) is 0 Å². The van der Waals surface area contributed by atoms with Crippen LogP contribution in [-0.2, 0) is 19.9 Å². The van der Waals surface area contributed by atoms with Gasteiger partial charge in [-0.3, -0.25) is 9.59 Å². The van der Waals surface area contributed by atoms with Gasteiger partial charge in [-0.25, -0.2) is 0 Å². The Hall–Kier alpha value is -1.17. The molecule has 10 heteroatoms. The largest absolute Gasteiger partial charge is 0.394 e. The summed E-state index contributed by atoms with van der Waals surface area (Å²) in [6.45, 7) is -0.899. The summed E-state index contributed by atoms with van der Waals surface area (Å²) in [5.41, 5.74) is 5.14. The summed E-state index contributed by atoms with van der Waals surface area (Å²) in [5.74, 6) is -2.92. The molecule has 0 fully saturated rings. The number of rotatable bonds is 7. The molecule has 0 radical (unpaired) electrons. The molecule has 0 bridgehead atoms. The Balaban J connectivity index is 4.84. The molecule has 0 aliphatic rings. The van der Waals surface area contributed by atoms with Crippen molar-refractivity contribution in [2.45, 2.75) is 24.4 Å². The first-order valence-corrected chi connectivity index (χ1v) is 5.78. The lowest BCUT2D eigenvalue weighted by Gasteiger charge is -2.24. The Kier molecular flexibility index (Phi) is 6.83. The van der Waals surface area contributed by atoms with Gasteiger partial charge in [0.25, 0.3) is 0 Å². The molecule has 0 aliphatic carbocycles. The van der Waals surface area contributed by atoms with Gasteiger partial charge in [-0.05, 0) is 0 Å². The summed E-state index contributed by atoms with van der Waals surface area (Å²) in [7, 11) is -2.90. The van der Waals surface area contributed by atoms with Crippen molar-refractivity contribution in [3.8, 4) is 0 Å². The van der Waals surface area contributed by atoms with Crippen LogP contribution in [0.3, 0.4) is 0 Å². The molecule has 0 aromatic rings. The van der Waals surface area contributed by atoms with Crippen LogP contribution in [0.1, 0.15) is 0 Å². The van der Waals surface area contributed by atoms with Gasteiger partial charge in [0.05, 0.1) is 6.61 Å². The number of carbonyl (C=O) groups excluding carboxylic acids is 2. The van der Waals surface area contributed by atoms with E-state index in [9.17, 15) is 28.2 Å². The smallest absolute Gasteiger partial charge is 0.238 e. The van der Waals surface area contributed by atoms with Gasteiger partial charge in [0, 0.05) is 0 Å². The maximum atomic E-state index is 11.2. The van der Waals surface area contributed by atoms with Crippen LogP contribution in [0.2, 0.25) is 0 Å². The maximum Gasteiger partial charge on any atom is 0.238 e. The first-order valence-electron chi connectivity index (χ1n) is 4.64. The molecule has 0 unspecified atom stereocenters. The fourth-order valence-electron chi connectivity index (χ4n) is 1.01. The molecule has 104 valence electrons. The van der Waals surface area contributed by atoms with E-state index in [4.69, 9.17) is 15.9 Å². The lowest BCUT2D eigenvalue weighted by Crippen LogP contribution is -2.54. The topological polar surface area (TPSA) is 175 Å². The molecule has 0 rings (SSSR count). The van der Waals surface area contributed by atoms with Crippen molar-refractivity contribution in [1.29, 1.82) is 0 Å². The van der Waals surface area contributed by atoms with Crippen LogP contribution < -0.4 is 5.73 Å². The van der Waals surface area contributed by atoms with E-state index in [1.54, 1.807) is 0 Å². The lowest BCUT2D eigenvalue weighted by atomic mass is 9.97. The van der Waals surface area contributed by atoms with E-state index >= 15 is 0 Å². The van der Waals surface area contributed by atoms with E-state index in [2.05, 4.69) is 0 Å². The van der Waals surface area contributed by atoms with Gasteiger partial charge in [-0.2, -0.15) is 8.42 Å². The van der Waals surface area contributed by atoms with Crippen LogP contribution in [0.4, 0.5) is 0 Å². The van der Waals surface area contributed by atoms with Crippen molar-refractivity contribution in [2.75, 3.05) is 6.61 Å². The van der Waals surface area contributed by atoms with E-state index in [-0.39, 0.29) is 5.37 Å². The highest BCUT2D eigenvalue weighted by molar-refractivity contribution is 7.73. The summed E-state index contributed by atoms with van der Waals surface area (Å²) < 4.78 is 20.3. The van der Waals surface area contributed by atoms with Crippen LogP contribution in [0.15, 0.2) is 0 Å². The molecular formula is C8H13NO8S. The highest BCUT2D eigenvalue weighted by atomic mass is 32.2. The number of aliphatic hydroxyl groups excluding tert-OH is 4. The number of nitrogens with two attached hydrogens (primary N) is 1. The summed E-state index contributed by atoms with van der Waals surface area (Å²) >= 11 is 0. The van der Waals surface area contributed by atoms with Crippen LogP contribution >= 0.6 is 0 Å². The van der Waals surface area contributed by atoms with Crippen LogP contribution in [0, 0.1) is 0 Å². The monoisotopic (exact) mass is 283 g/mol. The normalized spacial score (nSPS) is 17.4.